The van der Waals surface area contributed by atoms with E-state index in [1.807, 2.05) is 6.92 Å². The Kier molecular flexibility index (Phi) is 2.21. The van der Waals surface area contributed by atoms with Crippen molar-refractivity contribution < 1.29 is 4.92 Å². The molecule has 0 saturated carbocycles. The van der Waals surface area contributed by atoms with Crippen LogP contribution >= 0.6 is 0 Å². The van der Waals surface area contributed by atoms with E-state index in [1.54, 1.807) is 35.3 Å². The van der Waals surface area contributed by atoms with Crippen molar-refractivity contribution in [2.24, 2.45) is 0 Å². The third-order valence-electron chi connectivity index (χ3n) is 2.07. The zero-order valence-corrected chi connectivity index (χ0v) is 8.12. The van der Waals surface area contributed by atoms with Gasteiger partial charge in [0.1, 0.15) is 5.69 Å². The molecular weight excluding hydrogens is 194 g/mol. The van der Waals surface area contributed by atoms with E-state index >= 15 is 0 Å². The number of hydrogen-bond donors (Lipinski definition) is 0. The summed E-state index contributed by atoms with van der Waals surface area (Å²) in [6.07, 6.45) is 3.32. The molecule has 0 spiro atoms. The molecule has 0 bridgehead atoms. The summed E-state index contributed by atoms with van der Waals surface area (Å²) in [7, 11) is 0. The van der Waals surface area contributed by atoms with Crippen LogP contribution in [0, 0.1) is 17.0 Å². The van der Waals surface area contributed by atoms with Gasteiger partial charge in [-0.25, -0.2) is 4.98 Å². The Bertz CT molecular complexity index is 505. The van der Waals surface area contributed by atoms with Crippen LogP contribution < -0.4 is 0 Å². The van der Waals surface area contributed by atoms with Crippen molar-refractivity contribution in [3.8, 4) is 5.69 Å². The van der Waals surface area contributed by atoms with E-state index in [0.717, 1.165) is 5.69 Å². The molecule has 2 rings (SSSR count). The summed E-state index contributed by atoms with van der Waals surface area (Å²) in [5, 5.41) is 10.8. The molecule has 5 heteroatoms. The fraction of sp³-hybridized carbons (Fsp3) is 0.100. The van der Waals surface area contributed by atoms with E-state index in [0.29, 0.717) is 5.69 Å². The molecule has 76 valence electrons. The number of nitro groups is 1. The lowest BCUT2D eigenvalue weighted by molar-refractivity contribution is -0.384. The monoisotopic (exact) mass is 203 g/mol. The normalized spacial score (nSPS) is 10.2. The van der Waals surface area contributed by atoms with Gasteiger partial charge in [0.2, 0.25) is 0 Å². The van der Waals surface area contributed by atoms with Gasteiger partial charge in [-0.05, 0) is 13.0 Å². The number of rotatable bonds is 2. The van der Waals surface area contributed by atoms with Crippen molar-refractivity contribution in [1.29, 1.82) is 0 Å². The first-order chi connectivity index (χ1) is 7.18. The molecule has 1 heterocycles. The van der Waals surface area contributed by atoms with E-state index in [4.69, 9.17) is 0 Å². The summed E-state index contributed by atoms with van der Waals surface area (Å²) in [6, 6.07) is 6.58. The highest BCUT2D eigenvalue weighted by Gasteiger charge is 2.13. The quantitative estimate of drug-likeness (QED) is 0.554. The van der Waals surface area contributed by atoms with E-state index in [9.17, 15) is 10.1 Å². The largest absolute Gasteiger partial charge is 0.300 e. The summed E-state index contributed by atoms with van der Waals surface area (Å²) < 4.78 is 1.65. The highest BCUT2D eigenvalue weighted by Crippen LogP contribution is 2.21. The Morgan fingerprint density at radius 3 is 2.73 bits per heavy atom. The molecule has 0 atom stereocenters. The maximum atomic E-state index is 10.8. The SMILES string of the molecule is Cc1cn(-c2ccccc2[N+](=O)[O-])cn1. The fourth-order valence-electron chi connectivity index (χ4n) is 1.39. The molecule has 1 aromatic carbocycles. The number of benzene rings is 1. The van der Waals surface area contributed by atoms with Crippen molar-refractivity contribution in [3.63, 3.8) is 0 Å². The number of aryl methyl sites for hydroxylation is 1. The van der Waals surface area contributed by atoms with Gasteiger partial charge in [-0.2, -0.15) is 0 Å². The van der Waals surface area contributed by atoms with Crippen LogP contribution in [-0.4, -0.2) is 14.5 Å². The second-order valence-electron chi connectivity index (χ2n) is 3.17. The number of nitro benzene ring substituents is 1. The molecule has 0 aliphatic rings. The Labute approximate surface area is 86.1 Å². The van der Waals surface area contributed by atoms with Gasteiger partial charge in [0, 0.05) is 12.3 Å². The van der Waals surface area contributed by atoms with Gasteiger partial charge >= 0.3 is 0 Å². The topological polar surface area (TPSA) is 61.0 Å². The second kappa shape index (κ2) is 3.53. The molecule has 0 aliphatic carbocycles. The van der Waals surface area contributed by atoms with Crippen molar-refractivity contribution in [1.82, 2.24) is 9.55 Å². The smallest absolute Gasteiger partial charge is 0.293 e. The van der Waals surface area contributed by atoms with Crippen molar-refractivity contribution in [2.75, 3.05) is 0 Å². The summed E-state index contributed by atoms with van der Waals surface area (Å²) in [5.41, 5.74) is 1.44. The number of para-hydroxylation sites is 2. The minimum absolute atomic E-state index is 0.0786. The number of nitrogens with zero attached hydrogens (tertiary/aromatic N) is 3. The van der Waals surface area contributed by atoms with Gasteiger partial charge in [0.05, 0.1) is 16.9 Å². The van der Waals surface area contributed by atoms with Crippen LogP contribution in [-0.2, 0) is 0 Å². The van der Waals surface area contributed by atoms with E-state index in [2.05, 4.69) is 4.98 Å². The van der Waals surface area contributed by atoms with Crippen LogP contribution in [0.15, 0.2) is 36.8 Å². The van der Waals surface area contributed by atoms with Crippen LogP contribution in [0.2, 0.25) is 0 Å². The molecule has 15 heavy (non-hydrogen) atoms. The Morgan fingerprint density at radius 2 is 2.13 bits per heavy atom. The number of hydrogen-bond acceptors (Lipinski definition) is 3. The Morgan fingerprint density at radius 1 is 1.40 bits per heavy atom. The van der Waals surface area contributed by atoms with Crippen LogP contribution in [0.1, 0.15) is 5.69 Å². The van der Waals surface area contributed by atoms with Gasteiger partial charge < -0.3 is 0 Å². The molecule has 0 radical (unpaired) electrons. The molecule has 0 unspecified atom stereocenters. The summed E-state index contributed by atoms with van der Waals surface area (Å²) in [4.78, 5) is 14.4. The average molecular weight is 203 g/mol. The predicted octanol–water partition coefficient (Wildman–Crippen LogP) is 2.09. The maximum Gasteiger partial charge on any atom is 0.293 e. The number of aromatic nitrogens is 2. The maximum absolute atomic E-state index is 10.8. The lowest BCUT2D eigenvalue weighted by Gasteiger charge is -2.01. The van der Waals surface area contributed by atoms with Gasteiger partial charge in [-0.1, -0.05) is 12.1 Å². The standard InChI is InChI=1S/C10H9N3O2/c1-8-6-12(7-11-8)9-4-2-3-5-10(9)13(14)15/h2-7H,1H3. The van der Waals surface area contributed by atoms with Crippen LogP contribution in [0.4, 0.5) is 5.69 Å². The molecule has 0 aliphatic heterocycles. The van der Waals surface area contributed by atoms with Gasteiger partial charge in [0.15, 0.2) is 0 Å². The van der Waals surface area contributed by atoms with Crippen LogP contribution in [0.3, 0.4) is 0 Å². The van der Waals surface area contributed by atoms with Crippen LogP contribution in [0.5, 0.6) is 0 Å². The fourth-order valence-corrected chi connectivity index (χ4v) is 1.39. The Balaban J connectivity index is 2.57. The average Bonchev–Trinajstić information content (AvgIpc) is 2.65. The molecule has 1 aromatic heterocycles. The van der Waals surface area contributed by atoms with Crippen molar-refractivity contribution in [3.05, 3.63) is 52.6 Å². The third-order valence-corrected chi connectivity index (χ3v) is 2.07. The molecule has 0 saturated heterocycles. The Hall–Kier alpha value is -2.17. The second-order valence-corrected chi connectivity index (χ2v) is 3.17. The minimum Gasteiger partial charge on any atom is -0.300 e. The van der Waals surface area contributed by atoms with Crippen molar-refractivity contribution in [2.45, 2.75) is 6.92 Å². The lowest BCUT2D eigenvalue weighted by atomic mass is 10.2. The minimum atomic E-state index is -0.398. The lowest BCUT2D eigenvalue weighted by Crippen LogP contribution is -1.97. The van der Waals surface area contributed by atoms with Gasteiger partial charge in [-0.3, -0.25) is 14.7 Å². The predicted molar refractivity (Wildman–Crippen MR) is 55.0 cm³/mol. The van der Waals surface area contributed by atoms with Gasteiger partial charge in [0.25, 0.3) is 5.69 Å². The molecular formula is C10H9N3O2. The molecule has 5 nitrogen and oxygen atoms in total. The first-order valence-electron chi connectivity index (χ1n) is 4.43. The van der Waals surface area contributed by atoms with Crippen molar-refractivity contribution >= 4 is 5.69 Å². The molecule has 2 aromatic rings. The molecule has 0 amide bonds. The molecule has 0 N–H and O–H groups in total. The molecule has 0 fully saturated rings. The van der Waals surface area contributed by atoms with E-state index in [-0.39, 0.29) is 5.69 Å². The highest BCUT2D eigenvalue weighted by molar-refractivity contribution is 5.52. The zero-order valence-electron chi connectivity index (χ0n) is 8.12. The first kappa shape index (κ1) is 9.39. The highest BCUT2D eigenvalue weighted by atomic mass is 16.6. The first-order valence-corrected chi connectivity index (χ1v) is 4.43. The summed E-state index contributed by atoms with van der Waals surface area (Å²) >= 11 is 0. The summed E-state index contributed by atoms with van der Waals surface area (Å²) in [5.74, 6) is 0. The third kappa shape index (κ3) is 1.71. The van der Waals surface area contributed by atoms with E-state index < -0.39 is 4.92 Å². The zero-order chi connectivity index (χ0) is 10.8. The van der Waals surface area contributed by atoms with E-state index in [1.165, 1.54) is 6.07 Å². The summed E-state index contributed by atoms with van der Waals surface area (Å²) in [6.45, 7) is 1.84. The van der Waals surface area contributed by atoms with Crippen LogP contribution in [0.25, 0.3) is 5.69 Å². The van der Waals surface area contributed by atoms with Gasteiger partial charge in [-0.15, -0.1) is 0 Å². The number of imidazole rings is 1.